The summed E-state index contributed by atoms with van der Waals surface area (Å²) in [6.45, 7) is 5.74. The monoisotopic (exact) mass is 442 g/mol. The number of carbonyl (C=O) groups is 2. The molecule has 2 aliphatic heterocycles. The number of hydrogen-bond donors (Lipinski definition) is 2. The first kappa shape index (κ1) is 22.2. The summed E-state index contributed by atoms with van der Waals surface area (Å²) in [6.07, 6.45) is -1.02. The van der Waals surface area contributed by atoms with Crippen molar-refractivity contribution in [1.82, 2.24) is 15.8 Å². The zero-order chi connectivity index (χ0) is 22.5. The van der Waals surface area contributed by atoms with Gasteiger partial charge in [0.05, 0.1) is 32.0 Å². The molecule has 2 N–H and O–H groups in total. The molecule has 2 aromatic carbocycles. The highest BCUT2D eigenvalue weighted by Crippen LogP contribution is 2.29. The van der Waals surface area contributed by atoms with Gasteiger partial charge < -0.3 is 14.8 Å². The summed E-state index contributed by atoms with van der Waals surface area (Å²) in [5.74, 6) is -0.613. The Hall–Kier alpha value is -3.01. The lowest BCUT2D eigenvalue weighted by Gasteiger charge is -2.27. The third-order valence-corrected chi connectivity index (χ3v) is 5.50. The molecule has 1 atom stereocenters. The molecule has 0 aromatic heterocycles. The van der Waals surface area contributed by atoms with E-state index in [1.807, 2.05) is 24.3 Å². The normalized spacial score (nSPS) is 19.1. The summed E-state index contributed by atoms with van der Waals surface area (Å²) in [7, 11) is 0. The minimum absolute atomic E-state index is 0.196. The van der Waals surface area contributed by atoms with Crippen LogP contribution in [0.2, 0.25) is 0 Å². The Morgan fingerprint density at radius 3 is 2.59 bits per heavy atom. The number of amides is 2. The predicted octanol–water partition coefficient (Wildman–Crippen LogP) is 2.29. The van der Waals surface area contributed by atoms with E-state index in [9.17, 15) is 14.0 Å². The summed E-state index contributed by atoms with van der Waals surface area (Å²) in [5, 5.41) is 4.76. The molecule has 0 saturated carbocycles. The number of cyclic esters (lactones) is 1. The number of hydrazine groups is 1. The van der Waals surface area contributed by atoms with E-state index in [0.29, 0.717) is 17.8 Å². The molecule has 0 unspecified atom stereocenters. The van der Waals surface area contributed by atoms with E-state index in [2.05, 4.69) is 15.8 Å². The second-order valence-corrected chi connectivity index (χ2v) is 7.85. The Balaban J connectivity index is 1.38. The SMILES string of the molecule is CC(=O)NC[C@H]1CN(c2ccc(-c3ccc(CNN4CCOCC4)cc3)c(F)c2)C(=O)O1. The number of nitrogens with one attached hydrogen (secondary N) is 2. The molecule has 2 saturated heterocycles. The van der Waals surface area contributed by atoms with Crippen LogP contribution in [0.4, 0.5) is 14.9 Å². The van der Waals surface area contributed by atoms with Gasteiger partial charge in [-0.3, -0.25) is 15.1 Å². The quantitative estimate of drug-likeness (QED) is 0.685. The molecular formula is C23H27FN4O4. The fourth-order valence-corrected chi connectivity index (χ4v) is 3.73. The van der Waals surface area contributed by atoms with Crippen molar-refractivity contribution in [2.45, 2.75) is 19.6 Å². The first-order valence-electron chi connectivity index (χ1n) is 10.7. The highest BCUT2D eigenvalue weighted by atomic mass is 19.1. The van der Waals surface area contributed by atoms with Crippen LogP contribution in [-0.4, -0.2) is 62.5 Å². The van der Waals surface area contributed by atoms with E-state index >= 15 is 0 Å². The molecule has 9 heteroatoms. The van der Waals surface area contributed by atoms with Gasteiger partial charge in [-0.2, -0.15) is 0 Å². The minimum atomic E-state index is -0.551. The van der Waals surface area contributed by atoms with Crippen LogP contribution in [0.5, 0.6) is 0 Å². The van der Waals surface area contributed by atoms with Crippen LogP contribution >= 0.6 is 0 Å². The Labute approximate surface area is 186 Å². The number of ether oxygens (including phenoxy) is 2. The predicted molar refractivity (Wildman–Crippen MR) is 117 cm³/mol. The molecule has 170 valence electrons. The van der Waals surface area contributed by atoms with Crippen LogP contribution in [-0.2, 0) is 20.8 Å². The average Bonchev–Trinajstić information content (AvgIpc) is 3.18. The smallest absolute Gasteiger partial charge is 0.414 e. The second-order valence-electron chi connectivity index (χ2n) is 7.85. The highest BCUT2D eigenvalue weighted by Gasteiger charge is 2.32. The largest absolute Gasteiger partial charge is 0.442 e. The summed E-state index contributed by atoms with van der Waals surface area (Å²) in [5.41, 5.74) is 6.12. The van der Waals surface area contributed by atoms with E-state index in [0.717, 1.165) is 37.4 Å². The van der Waals surface area contributed by atoms with Crippen molar-refractivity contribution in [2.75, 3.05) is 44.3 Å². The number of morpholine rings is 1. The van der Waals surface area contributed by atoms with Crippen LogP contribution in [0.1, 0.15) is 12.5 Å². The maximum atomic E-state index is 14.9. The van der Waals surface area contributed by atoms with Crippen molar-refractivity contribution in [1.29, 1.82) is 0 Å². The number of rotatable bonds is 7. The van der Waals surface area contributed by atoms with Gasteiger partial charge in [0.15, 0.2) is 0 Å². The van der Waals surface area contributed by atoms with Gasteiger partial charge >= 0.3 is 6.09 Å². The van der Waals surface area contributed by atoms with Crippen LogP contribution in [0.25, 0.3) is 11.1 Å². The van der Waals surface area contributed by atoms with E-state index in [4.69, 9.17) is 9.47 Å². The van der Waals surface area contributed by atoms with Crippen molar-refractivity contribution in [3.63, 3.8) is 0 Å². The molecule has 4 rings (SSSR count). The van der Waals surface area contributed by atoms with Crippen molar-refractivity contribution in [3.8, 4) is 11.1 Å². The fraction of sp³-hybridized carbons (Fsp3) is 0.391. The lowest BCUT2D eigenvalue weighted by atomic mass is 10.0. The van der Waals surface area contributed by atoms with Crippen molar-refractivity contribution in [3.05, 3.63) is 53.8 Å². The summed E-state index contributed by atoms with van der Waals surface area (Å²) in [6, 6.07) is 12.4. The number of hydrogen-bond acceptors (Lipinski definition) is 6. The average molecular weight is 442 g/mol. The maximum Gasteiger partial charge on any atom is 0.414 e. The third-order valence-electron chi connectivity index (χ3n) is 5.50. The number of carbonyl (C=O) groups excluding carboxylic acids is 2. The van der Waals surface area contributed by atoms with Gasteiger partial charge in [-0.05, 0) is 29.3 Å². The first-order valence-corrected chi connectivity index (χ1v) is 10.7. The molecule has 2 heterocycles. The summed E-state index contributed by atoms with van der Waals surface area (Å²) >= 11 is 0. The van der Waals surface area contributed by atoms with Crippen LogP contribution in [0.15, 0.2) is 42.5 Å². The van der Waals surface area contributed by atoms with Crippen LogP contribution < -0.4 is 15.6 Å². The molecule has 0 aliphatic carbocycles. The standard InChI is InChI=1S/C23H27FN4O4/c1-16(29)25-14-20-15-28(23(30)32-20)19-6-7-21(22(24)12-19)18-4-2-17(3-5-18)13-26-27-8-10-31-11-9-27/h2-7,12,20,26H,8-11,13-15H2,1H3,(H,25,29)/t20-/m0/s1. The molecular weight excluding hydrogens is 415 g/mol. The minimum Gasteiger partial charge on any atom is -0.442 e. The van der Waals surface area contributed by atoms with E-state index in [-0.39, 0.29) is 19.0 Å². The lowest BCUT2D eigenvalue weighted by Crippen LogP contribution is -2.45. The van der Waals surface area contributed by atoms with Gasteiger partial charge in [-0.15, -0.1) is 0 Å². The van der Waals surface area contributed by atoms with Gasteiger partial charge in [0, 0.05) is 32.1 Å². The summed E-state index contributed by atoms with van der Waals surface area (Å²) < 4.78 is 25.5. The number of anilines is 1. The molecule has 0 radical (unpaired) electrons. The Morgan fingerprint density at radius 2 is 1.91 bits per heavy atom. The fourth-order valence-electron chi connectivity index (χ4n) is 3.73. The maximum absolute atomic E-state index is 14.9. The molecule has 32 heavy (non-hydrogen) atoms. The molecule has 0 spiro atoms. The lowest BCUT2D eigenvalue weighted by molar-refractivity contribution is -0.119. The van der Waals surface area contributed by atoms with Crippen molar-refractivity contribution in [2.24, 2.45) is 0 Å². The summed E-state index contributed by atoms with van der Waals surface area (Å²) in [4.78, 5) is 24.6. The number of nitrogens with zero attached hydrogens (tertiary/aromatic N) is 2. The molecule has 2 aliphatic rings. The Morgan fingerprint density at radius 1 is 1.16 bits per heavy atom. The van der Waals surface area contributed by atoms with Gasteiger partial charge in [0.1, 0.15) is 11.9 Å². The highest BCUT2D eigenvalue weighted by molar-refractivity contribution is 5.90. The molecule has 0 bridgehead atoms. The van der Waals surface area contributed by atoms with Gasteiger partial charge in [0.2, 0.25) is 5.91 Å². The molecule has 2 fully saturated rings. The number of benzene rings is 2. The van der Waals surface area contributed by atoms with Crippen molar-refractivity contribution < 1.29 is 23.5 Å². The topological polar surface area (TPSA) is 83.1 Å². The first-order chi connectivity index (χ1) is 15.5. The third kappa shape index (κ3) is 5.42. The van der Waals surface area contributed by atoms with Crippen LogP contribution in [0, 0.1) is 5.82 Å². The second kappa shape index (κ2) is 10.1. The molecule has 2 aromatic rings. The zero-order valence-corrected chi connectivity index (χ0v) is 18.0. The number of halogens is 1. The van der Waals surface area contributed by atoms with Crippen LogP contribution in [0.3, 0.4) is 0 Å². The van der Waals surface area contributed by atoms with E-state index < -0.39 is 18.0 Å². The zero-order valence-electron chi connectivity index (χ0n) is 18.0. The van der Waals surface area contributed by atoms with Gasteiger partial charge in [-0.25, -0.2) is 14.2 Å². The van der Waals surface area contributed by atoms with Gasteiger partial charge in [-0.1, -0.05) is 24.3 Å². The molecule has 8 nitrogen and oxygen atoms in total. The van der Waals surface area contributed by atoms with E-state index in [1.54, 1.807) is 12.1 Å². The van der Waals surface area contributed by atoms with E-state index in [1.165, 1.54) is 17.9 Å². The Kier molecular flexibility index (Phi) is 6.99. The molecule has 2 amide bonds. The van der Waals surface area contributed by atoms with Crippen molar-refractivity contribution >= 4 is 17.7 Å². The van der Waals surface area contributed by atoms with Gasteiger partial charge in [0.25, 0.3) is 0 Å². The Bertz CT molecular complexity index is 963.